The molecule has 0 bridgehead atoms. The molecule has 16 heavy (non-hydrogen) atoms. The zero-order valence-electron chi connectivity index (χ0n) is 10.7. The molecule has 96 valence electrons. The Kier molecular flexibility index (Phi) is 7.49. The number of carbonyl (C=O) groups excluding carboxylic acids is 1. The third-order valence-corrected chi connectivity index (χ3v) is 2.78. The van der Waals surface area contributed by atoms with E-state index in [0.717, 1.165) is 0 Å². The predicted octanol–water partition coefficient (Wildman–Crippen LogP) is 2.08. The topological polar surface area (TPSA) is 80.4 Å². The smallest absolute Gasteiger partial charge is 0.319 e. The van der Waals surface area contributed by atoms with Crippen LogP contribution in [0.25, 0.3) is 0 Å². The Balaban J connectivity index is 0. The van der Waals surface area contributed by atoms with Crippen molar-refractivity contribution in [3.8, 4) is 0 Å². The number of hydrogen-bond acceptors (Lipinski definition) is 3. The van der Waals surface area contributed by atoms with Gasteiger partial charge in [0.05, 0.1) is 0 Å². The number of primary amides is 1. The SMILES string of the molecule is CC.CC(C)(CCC(C)(S)C(=O)O)C(N)=O. The van der Waals surface area contributed by atoms with E-state index in [4.69, 9.17) is 10.8 Å². The van der Waals surface area contributed by atoms with Crippen LogP contribution in [0.2, 0.25) is 0 Å². The van der Waals surface area contributed by atoms with Gasteiger partial charge in [0.15, 0.2) is 0 Å². The largest absolute Gasteiger partial charge is 0.480 e. The first-order valence-corrected chi connectivity index (χ1v) is 5.80. The quantitative estimate of drug-likeness (QED) is 0.652. The van der Waals surface area contributed by atoms with Gasteiger partial charge in [0.2, 0.25) is 5.91 Å². The molecule has 0 spiro atoms. The number of hydrogen-bond donors (Lipinski definition) is 3. The molecular weight excluding hydrogens is 226 g/mol. The number of carboxylic acids is 1. The van der Waals surface area contributed by atoms with Crippen molar-refractivity contribution in [1.29, 1.82) is 0 Å². The van der Waals surface area contributed by atoms with Gasteiger partial charge in [-0.25, -0.2) is 0 Å². The lowest BCUT2D eigenvalue weighted by Crippen LogP contribution is -2.35. The maximum absolute atomic E-state index is 11.0. The third-order valence-electron chi connectivity index (χ3n) is 2.36. The number of thiol groups is 1. The van der Waals surface area contributed by atoms with Gasteiger partial charge < -0.3 is 10.8 Å². The van der Waals surface area contributed by atoms with Crippen LogP contribution in [0.4, 0.5) is 0 Å². The summed E-state index contributed by atoms with van der Waals surface area (Å²) in [6.07, 6.45) is 0.718. The fourth-order valence-electron chi connectivity index (χ4n) is 0.786. The Morgan fingerprint density at radius 1 is 1.19 bits per heavy atom. The highest BCUT2D eigenvalue weighted by atomic mass is 32.1. The van der Waals surface area contributed by atoms with Gasteiger partial charge in [0, 0.05) is 5.41 Å². The fourth-order valence-corrected chi connectivity index (χ4v) is 0.898. The average molecular weight is 249 g/mol. The van der Waals surface area contributed by atoms with Gasteiger partial charge in [0.1, 0.15) is 4.75 Å². The van der Waals surface area contributed by atoms with Gasteiger partial charge in [-0.3, -0.25) is 9.59 Å². The Hall–Kier alpha value is -0.710. The minimum atomic E-state index is -1.10. The summed E-state index contributed by atoms with van der Waals surface area (Å²) in [6, 6.07) is 0. The molecule has 0 aromatic heterocycles. The molecule has 0 heterocycles. The van der Waals surface area contributed by atoms with Crippen LogP contribution in [0.15, 0.2) is 0 Å². The highest BCUT2D eigenvalue weighted by Crippen LogP contribution is 2.29. The van der Waals surface area contributed by atoms with Gasteiger partial charge in [0.25, 0.3) is 0 Å². The lowest BCUT2D eigenvalue weighted by atomic mass is 9.84. The molecule has 0 aliphatic carbocycles. The summed E-state index contributed by atoms with van der Waals surface area (Å²) in [7, 11) is 0. The normalized spacial score (nSPS) is 14.4. The van der Waals surface area contributed by atoms with E-state index < -0.39 is 22.0 Å². The van der Waals surface area contributed by atoms with Crippen LogP contribution in [-0.4, -0.2) is 21.7 Å². The molecule has 3 N–H and O–H groups in total. The second kappa shape index (κ2) is 6.78. The van der Waals surface area contributed by atoms with Crippen molar-refractivity contribution in [2.75, 3.05) is 0 Å². The van der Waals surface area contributed by atoms with E-state index in [1.165, 1.54) is 6.92 Å². The molecule has 0 saturated carbocycles. The minimum absolute atomic E-state index is 0.307. The molecule has 0 saturated heterocycles. The van der Waals surface area contributed by atoms with Gasteiger partial charge in [-0.05, 0) is 19.8 Å². The van der Waals surface area contributed by atoms with Crippen LogP contribution in [-0.2, 0) is 9.59 Å². The predicted molar refractivity (Wildman–Crippen MR) is 68.6 cm³/mol. The average Bonchev–Trinajstić information content (AvgIpc) is 2.18. The van der Waals surface area contributed by atoms with Crippen molar-refractivity contribution in [1.82, 2.24) is 0 Å². The maximum atomic E-state index is 11.0. The van der Waals surface area contributed by atoms with Crippen molar-refractivity contribution in [2.24, 2.45) is 11.1 Å². The molecule has 1 atom stereocenters. The van der Waals surface area contributed by atoms with Crippen molar-refractivity contribution < 1.29 is 14.7 Å². The summed E-state index contributed by atoms with van der Waals surface area (Å²) in [5, 5.41) is 8.78. The first-order chi connectivity index (χ1) is 7.09. The molecule has 1 unspecified atom stereocenters. The Morgan fingerprint density at radius 3 is 1.81 bits per heavy atom. The molecule has 5 heteroatoms. The second-order valence-corrected chi connectivity index (χ2v) is 5.31. The van der Waals surface area contributed by atoms with E-state index in [-0.39, 0.29) is 0 Å². The van der Waals surface area contributed by atoms with Crippen LogP contribution >= 0.6 is 12.6 Å². The molecule has 0 aliphatic rings. The van der Waals surface area contributed by atoms with Gasteiger partial charge in [-0.2, -0.15) is 12.6 Å². The summed E-state index contributed by atoms with van der Waals surface area (Å²) in [5.41, 5.74) is 4.48. The Labute approximate surface area is 103 Å². The van der Waals surface area contributed by atoms with E-state index in [2.05, 4.69) is 12.6 Å². The van der Waals surface area contributed by atoms with Gasteiger partial charge in [-0.15, -0.1) is 0 Å². The highest BCUT2D eigenvalue weighted by Gasteiger charge is 2.33. The van der Waals surface area contributed by atoms with Crippen LogP contribution in [0.1, 0.15) is 47.5 Å². The second-order valence-electron chi connectivity index (χ2n) is 4.33. The standard InChI is InChI=1S/C9H17NO3S.C2H6/c1-8(2,6(10)11)4-5-9(3,14)7(12)13;1-2/h14H,4-5H2,1-3H3,(H2,10,11)(H,12,13);1-2H3. The lowest BCUT2D eigenvalue weighted by Gasteiger charge is -2.25. The molecule has 4 nitrogen and oxygen atoms in total. The monoisotopic (exact) mass is 249 g/mol. The van der Waals surface area contributed by atoms with Crippen molar-refractivity contribution in [3.05, 3.63) is 0 Å². The summed E-state index contributed by atoms with van der Waals surface area (Å²) in [4.78, 5) is 21.7. The number of carbonyl (C=O) groups is 2. The van der Waals surface area contributed by atoms with Gasteiger partial charge in [-0.1, -0.05) is 27.7 Å². The summed E-state index contributed by atoms with van der Waals surface area (Å²) in [6.45, 7) is 8.90. The first kappa shape index (κ1) is 17.7. The molecule has 0 radical (unpaired) electrons. The third kappa shape index (κ3) is 6.00. The Morgan fingerprint density at radius 2 is 1.56 bits per heavy atom. The first-order valence-electron chi connectivity index (χ1n) is 5.35. The number of amides is 1. The zero-order chi connectivity index (χ0) is 13.6. The number of carboxylic acid groups (broad SMARTS) is 1. The summed E-state index contributed by atoms with van der Waals surface area (Å²) >= 11 is 4.01. The molecule has 0 aliphatic heterocycles. The van der Waals surface area contributed by atoms with Crippen LogP contribution < -0.4 is 5.73 Å². The number of rotatable bonds is 5. The molecule has 1 amide bonds. The molecule has 0 fully saturated rings. The molecule has 0 aromatic rings. The van der Waals surface area contributed by atoms with E-state index in [1.807, 2.05) is 13.8 Å². The van der Waals surface area contributed by atoms with E-state index in [9.17, 15) is 9.59 Å². The van der Waals surface area contributed by atoms with Gasteiger partial charge >= 0.3 is 5.97 Å². The van der Waals surface area contributed by atoms with E-state index >= 15 is 0 Å². The minimum Gasteiger partial charge on any atom is -0.480 e. The van der Waals surface area contributed by atoms with E-state index in [0.29, 0.717) is 12.8 Å². The number of nitrogens with two attached hydrogens (primary N) is 1. The van der Waals surface area contributed by atoms with Crippen molar-refractivity contribution >= 4 is 24.5 Å². The summed E-state index contributed by atoms with van der Waals surface area (Å²) < 4.78 is -1.10. The number of aliphatic carboxylic acids is 1. The molecule has 0 aromatic carbocycles. The van der Waals surface area contributed by atoms with Crippen molar-refractivity contribution in [2.45, 2.75) is 52.2 Å². The molecular formula is C11H23NO3S. The Bertz CT molecular complexity index is 224. The summed E-state index contributed by atoms with van der Waals surface area (Å²) in [5.74, 6) is -1.41. The lowest BCUT2D eigenvalue weighted by molar-refractivity contribution is -0.140. The van der Waals surface area contributed by atoms with Crippen LogP contribution in [0.5, 0.6) is 0 Å². The fraction of sp³-hybridized carbons (Fsp3) is 0.818. The van der Waals surface area contributed by atoms with E-state index in [1.54, 1.807) is 13.8 Å². The maximum Gasteiger partial charge on any atom is 0.319 e. The van der Waals surface area contributed by atoms with Crippen LogP contribution in [0, 0.1) is 5.41 Å². The zero-order valence-corrected chi connectivity index (χ0v) is 11.6. The molecule has 0 rings (SSSR count). The highest BCUT2D eigenvalue weighted by molar-refractivity contribution is 7.82. The van der Waals surface area contributed by atoms with Crippen LogP contribution in [0.3, 0.4) is 0 Å². The van der Waals surface area contributed by atoms with Crippen molar-refractivity contribution in [3.63, 3.8) is 0 Å².